The van der Waals surface area contributed by atoms with Crippen LogP contribution < -0.4 is 0 Å². The van der Waals surface area contributed by atoms with Gasteiger partial charge in [0.1, 0.15) is 10.8 Å². The maximum atomic E-state index is 13.5. The maximum Gasteiger partial charge on any atom is 0.417 e. The molecule has 1 N–H and O–H groups in total. The van der Waals surface area contributed by atoms with Gasteiger partial charge in [-0.05, 0) is 24.3 Å². The van der Waals surface area contributed by atoms with Crippen LogP contribution in [0.4, 0.5) is 17.6 Å². The fraction of sp³-hybridized carbons (Fsp3) is 0.0625. The molecule has 2 heterocycles. The molecule has 25 heavy (non-hydrogen) atoms. The number of carboxylic acid groups (broad SMARTS) is 1. The van der Waals surface area contributed by atoms with Crippen molar-refractivity contribution in [3.05, 3.63) is 59.0 Å². The van der Waals surface area contributed by atoms with Crippen molar-refractivity contribution in [1.29, 1.82) is 0 Å². The quantitative estimate of drug-likeness (QED) is 0.679. The van der Waals surface area contributed by atoms with Crippen molar-refractivity contribution in [1.82, 2.24) is 9.97 Å². The smallest absolute Gasteiger partial charge is 0.417 e. The summed E-state index contributed by atoms with van der Waals surface area (Å²) in [5, 5.41) is 10.5. The van der Waals surface area contributed by atoms with E-state index < -0.39 is 29.1 Å². The SMILES string of the molecule is O=C(O)c1cc(-c2csc(-c3cnccc3C(F)(F)F)n2)ccc1F. The molecule has 0 saturated carbocycles. The van der Waals surface area contributed by atoms with Crippen LogP contribution in [0.15, 0.2) is 42.0 Å². The Labute approximate surface area is 142 Å². The molecular weight excluding hydrogens is 360 g/mol. The monoisotopic (exact) mass is 368 g/mol. The lowest BCUT2D eigenvalue weighted by Gasteiger charge is -2.09. The van der Waals surface area contributed by atoms with Gasteiger partial charge in [0.05, 0.1) is 16.8 Å². The summed E-state index contributed by atoms with van der Waals surface area (Å²) in [6.45, 7) is 0. The minimum absolute atomic E-state index is 0.0802. The Kier molecular flexibility index (Phi) is 4.25. The average molecular weight is 368 g/mol. The molecule has 128 valence electrons. The Bertz CT molecular complexity index is 953. The van der Waals surface area contributed by atoms with Crippen LogP contribution in [-0.2, 0) is 6.18 Å². The largest absolute Gasteiger partial charge is 0.478 e. The molecule has 4 nitrogen and oxygen atoms in total. The highest BCUT2D eigenvalue weighted by atomic mass is 32.1. The molecule has 0 spiro atoms. The highest BCUT2D eigenvalue weighted by molar-refractivity contribution is 7.13. The molecule has 1 aromatic carbocycles. The predicted octanol–water partition coefficient (Wildman–Crippen LogP) is 4.73. The van der Waals surface area contributed by atoms with Gasteiger partial charge in [-0.15, -0.1) is 11.3 Å². The second-order valence-corrected chi connectivity index (χ2v) is 5.81. The van der Waals surface area contributed by atoms with Crippen molar-refractivity contribution in [2.24, 2.45) is 0 Å². The number of benzene rings is 1. The molecule has 3 rings (SSSR count). The molecule has 0 aliphatic heterocycles. The number of carbonyl (C=O) groups is 1. The first-order valence-electron chi connectivity index (χ1n) is 6.77. The molecule has 2 aromatic heterocycles. The zero-order valence-electron chi connectivity index (χ0n) is 12.2. The zero-order valence-corrected chi connectivity index (χ0v) is 13.0. The summed E-state index contributed by atoms with van der Waals surface area (Å²) in [6, 6.07) is 4.23. The van der Waals surface area contributed by atoms with Crippen LogP contribution in [0.25, 0.3) is 21.8 Å². The summed E-state index contributed by atoms with van der Waals surface area (Å²) in [4.78, 5) is 18.8. The molecule has 0 amide bonds. The van der Waals surface area contributed by atoms with Gasteiger partial charge in [-0.3, -0.25) is 4.98 Å². The van der Waals surface area contributed by atoms with Gasteiger partial charge in [-0.25, -0.2) is 14.2 Å². The molecule has 0 radical (unpaired) electrons. The molecule has 9 heteroatoms. The third-order valence-electron chi connectivity index (χ3n) is 3.35. The van der Waals surface area contributed by atoms with Crippen LogP contribution in [0, 0.1) is 5.82 Å². The molecular formula is C16H8F4N2O2S. The topological polar surface area (TPSA) is 63.1 Å². The van der Waals surface area contributed by atoms with E-state index in [2.05, 4.69) is 9.97 Å². The molecule has 3 aromatic rings. The fourth-order valence-electron chi connectivity index (χ4n) is 2.19. The third kappa shape index (κ3) is 3.36. The first-order chi connectivity index (χ1) is 11.8. The number of halogens is 4. The molecule has 0 atom stereocenters. The number of hydrogen-bond donors (Lipinski definition) is 1. The molecule has 0 unspecified atom stereocenters. The van der Waals surface area contributed by atoms with Crippen molar-refractivity contribution < 1.29 is 27.5 Å². The van der Waals surface area contributed by atoms with E-state index in [1.54, 1.807) is 0 Å². The summed E-state index contributed by atoms with van der Waals surface area (Å²) in [5.41, 5.74) is -1.04. The van der Waals surface area contributed by atoms with Crippen LogP contribution in [0.5, 0.6) is 0 Å². The van der Waals surface area contributed by atoms with Crippen LogP contribution >= 0.6 is 11.3 Å². The standard InChI is InChI=1S/C16H8F4N2O2S/c17-12-2-1-8(5-9(12)15(23)24)13-7-25-14(22-13)10-6-21-4-3-11(10)16(18,19)20/h1-7H,(H,23,24). The highest BCUT2D eigenvalue weighted by Crippen LogP contribution is 2.38. The Morgan fingerprint density at radius 2 is 1.96 bits per heavy atom. The number of hydrogen-bond acceptors (Lipinski definition) is 4. The van der Waals surface area contributed by atoms with Crippen molar-refractivity contribution in [2.75, 3.05) is 0 Å². The first kappa shape index (κ1) is 17.0. The first-order valence-corrected chi connectivity index (χ1v) is 7.65. The summed E-state index contributed by atoms with van der Waals surface area (Å²) in [6.07, 6.45) is -2.45. The minimum Gasteiger partial charge on any atom is -0.478 e. The van der Waals surface area contributed by atoms with E-state index in [9.17, 15) is 22.4 Å². The summed E-state index contributed by atoms with van der Waals surface area (Å²) in [5.74, 6) is -2.35. The van der Waals surface area contributed by atoms with E-state index >= 15 is 0 Å². The fourth-order valence-corrected chi connectivity index (χ4v) is 3.04. The molecule has 0 aliphatic rings. The van der Waals surface area contributed by atoms with Gasteiger partial charge >= 0.3 is 12.1 Å². The van der Waals surface area contributed by atoms with Crippen LogP contribution in [0.1, 0.15) is 15.9 Å². The van der Waals surface area contributed by atoms with Crippen LogP contribution in [0.3, 0.4) is 0 Å². The molecule has 0 saturated heterocycles. The summed E-state index contributed by atoms with van der Waals surface area (Å²) in [7, 11) is 0. The van der Waals surface area contributed by atoms with E-state index in [1.165, 1.54) is 11.4 Å². The summed E-state index contributed by atoms with van der Waals surface area (Å²) >= 11 is 0.954. The van der Waals surface area contributed by atoms with Crippen LogP contribution in [0.2, 0.25) is 0 Å². The minimum atomic E-state index is -4.56. The van der Waals surface area contributed by atoms with E-state index in [4.69, 9.17) is 5.11 Å². The molecule has 0 aliphatic carbocycles. The lowest BCUT2D eigenvalue weighted by Crippen LogP contribution is -2.07. The summed E-state index contributed by atoms with van der Waals surface area (Å²) < 4.78 is 52.7. The van der Waals surface area contributed by atoms with E-state index in [0.717, 1.165) is 41.9 Å². The van der Waals surface area contributed by atoms with Gasteiger partial charge < -0.3 is 5.11 Å². The highest BCUT2D eigenvalue weighted by Gasteiger charge is 2.34. The van der Waals surface area contributed by atoms with Gasteiger partial charge in [0.2, 0.25) is 0 Å². The van der Waals surface area contributed by atoms with E-state index in [-0.39, 0.29) is 16.3 Å². The number of aromatic nitrogens is 2. The Balaban J connectivity index is 2.05. The van der Waals surface area contributed by atoms with Gasteiger partial charge in [-0.1, -0.05) is 0 Å². The number of pyridine rings is 1. The van der Waals surface area contributed by atoms with Crippen LogP contribution in [-0.4, -0.2) is 21.0 Å². The van der Waals surface area contributed by atoms with Crippen molar-refractivity contribution in [3.8, 4) is 21.8 Å². The second-order valence-electron chi connectivity index (χ2n) is 4.96. The lowest BCUT2D eigenvalue weighted by molar-refractivity contribution is -0.137. The zero-order chi connectivity index (χ0) is 18.2. The Morgan fingerprint density at radius 1 is 1.20 bits per heavy atom. The Morgan fingerprint density at radius 3 is 2.64 bits per heavy atom. The van der Waals surface area contributed by atoms with Gasteiger partial charge in [-0.2, -0.15) is 13.2 Å². The average Bonchev–Trinajstić information content (AvgIpc) is 3.04. The van der Waals surface area contributed by atoms with Crippen molar-refractivity contribution >= 4 is 17.3 Å². The normalized spacial score (nSPS) is 11.5. The third-order valence-corrected chi connectivity index (χ3v) is 4.23. The number of rotatable bonds is 3. The number of aromatic carboxylic acids is 1. The number of carboxylic acids is 1. The van der Waals surface area contributed by atoms with Crippen molar-refractivity contribution in [3.63, 3.8) is 0 Å². The predicted molar refractivity (Wildman–Crippen MR) is 82.7 cm³/mol. The van der Waals surface area contributed by atoms with Gasteiger partial charge in [0, 0.05) is 28.9 Å². The number of alkyl halides is 3. The number of thiazole rings is 1. The van der Waals surface area contributed by atoms with Gasteiger partial charge in [0.25, 0.3) is 0 Å². The van der Waals surface area contributed by atoms with E-state index in [1.807, 2.05) is 0 Å². The van der Waals surface area contributed by atoms with Crippen molar-refractivity contribution in [2.45, 2.75) is 6.18 Å². The molecule has 0 bridgehead atoms. The number of nitrogens with zero attached hydrogens (tertiary/aromatic N) is 2. The van der Waals surface area contributed by atoms with Gasteiger partial charge in [0.15, 0.2) is 0 Å². The lowest BCUT2D eigenvalue weighted by atomic mass is 10.1. The molecule has 0 fully saturated rings. The maximum absolute atomic E-state index is 13.5. The van der Waals surface area contributed by atoms with E-state index in [0.29, 0.717) is 5.56 Å². The second kappa shape index (κ2) is 6.25. The Hall–Kier alpha value is -2.81.